The van der Waals surface area contributed by atoms with E-state index in [0.717, 1.165) is 6.42 Å². The molecule has 0 bridgehead atoms. The van der Waals surface area contributed by atoms with Crippen LogP contribution in [0.1, 0.15) is 61.3 Å². The fraction of sp³-hybridized carbons (Fsp3) is 0.304. The number of hydrogen-bond acceptors (Lipinski definition) is 7. The Morgan fingerprint density at radius 1 is 0.871 bits per heavy atom. The van der Waals surface area contributed by atoms with Crippen molar-refractivity contribution in [1.29, 1.82) is 0 Å². The van der Waals surface area contributed by atoms with Gasteiger partial charge in [0.25, 0.3) is 0 Å². The highest BCUT2D eigenvalue weighted by molar-refractivity contribution is 6.03. The summed E-state index contributed by atoms with van der Waals surface area (Å²) >= 11 is 0. The van der Waals surface area contributed by atoms with E-state index in [1.807, 2.05) is 6.92 Å². The highest BCUT2D eigenvalue weighted by atomic mass is 16.5. The van der Waals surface area contributed by atoms with Crippen molar-refractivity contribution >= 4 is 23.9 Å². The topological polar surface area (TPSA) is 116 Å². The molecule has 1 atom stereocenters. The first-order chi connectivity index (χ1) is 14.6. The molecule has 0 saturated carbocycles. The first-order valence-corrected chi connectivity index (χ1v) is 9.72. The van der Waals surface area contributed by atoms with Gasteiger partial charge >= 0.3 is 23.9 Å². The van der Waals surface area contributed by atoms with E-state index in [4.69, 9.17) is 14.2 Å². The van der Waals surface area contributed by atoms with Crippen molar-refractivity contribution in [2.24, 2.45) is 0 Å². The van der Waals surface area contributed by atoms with Crippen molar-refractivity contribution in [2.75, 3.05) is 0 Å². The van der Waals surface area contributed by atoms with E-state index in [2.05, 4.69) is 0 Å². The highest BCUT2D eigenvalue weighted by Crippen LogP contribution is 2.34. The molecule has 0 saturated heterocycles. The van der Waals surface area contributed by atoms with Crippen molar-refractivity contribution in [1.82, 2.24) is 0 Å². The van der Waals surface area contributed by atoms with Crippen LogP contribution in [0.5, 0.6) is 11.5 Å². The molecule has 0 aliphatic rings. The van der Waals surface area contributed by atoms with E-state index in [-0.39, 0.29) is 39.9 Å². The Bertz CT molecular complexity index is 1010. The lowest BCUT2D eigenvalue weighted by atomic mass is 9.94. The molecule has 0 heterocycles. The predicted molar refractivity (Wildman–Crippen MR) is 111 cm³/mol. The molecule has 8 nitrogen and oxygen atoms in total. The third-order valence-corrected chi connectivity index (χ3v) is 4.25. The van der Waals surface area contributed by atoms with Crippen LogP contribution in [0.25, 0.3) is 11.1 Å². The fourth-order valence-electron chi connectivity index (χ4n) is 3.03. The van der Waals surface area contributed by atoms with Crippen LogP contribution < -0.4 is 9.47 Å². The van der Waals surface area contributed by atoms with Crippen molar-refractivity contribution in [3.8, 4) is 22.6 Å². The summed E-state index contributed by atoms with van der Waals surface area (Å²) in [6.07, 6.45) is 1.14. The maximum atomic E-state index is 12.8. The number of aromatic carboxylic acids is 1. The number of carboxylic acids is 1. The third kappa shape index (κ3) is 6.40. The number of benzene rings is 2. The molecule has 2 aromatic rings. The van der Waals surface area contributed by atoms with Crippen LogP contribution in [-0.4, -0.2) is 35.1 Å². The summed E-state index contributed by atoms with van der Waals surface area (Å²) in [4.78, 5) is 47.4. The molecule has 2 aromatic carbocycles. The molecular weight excluding hydrogens is 404 g/mol. The monoisotopic (exact) mass is 428 g/mol. The molecule has 0 fully saturated rings. The van der Waals surface area contributed by atoms with E-state index in [0.29, 0.717) is 6.42 Å². The van der Waals surface area contributed by atoms with Crippen molar-refractivity contribution in [3.63, 3.8) is 0 Å². The minimum atomic E-state index is -1.25. The molecule has 0 amide bonds. The SMILES string of the molecule is CCCC(C)OC(=O)c1ccc(OC(C)=O)cc1-c1cc(OC(C)=O)ccc1C(=O)O. The van der Waals surface area contributed by atoms with Crippen LogP contribution in [0.3, 0.4) is 0 Å². The lowest BCUT2D eigenvalue weighted by Gasteiger charge is -2.17. The zero-order valence-electron chi connectivity index (χ0n) is 17.8. The number of ether oxygens (including phenoxy) is 3. The summed E-state index contributed by atoms with van der Waals surface area (Å²) in [5.41, 5.74) is 0.224. The molecule has 0 aliphatic heterocycles. The van der Waals surface area contributed by atoms with E-state index in [9.17, 15) is 24.3 Å². The van der Waals surface area contributed by atoms with E-state index < -0.39 is 23.9 Å². The van der Waals surface area contributed by atoms with Gasteiger partial charge in [0.15, 0.2) is 0 Å². The molecule has 164 valence electrons. The average Bonchev–Trinajstić information content (AvgIpc) is 2.66. The van der Waals surface area contributed by atoms with Gasteiger partial charge in [-0.15, -0.1) is 0 Å². The van der Waals surface area contributed by atoms with Crippen LogP contribution in [0.2, 0.25) is 0 Å². The second-order valence-electron chi connectivity index (χ2n) is 6.91. The average molecular weight is 428 g/mol. The second-order valence-corrected chi connectivity index (χ2v) is 6.91. The standard InChI is InChI=1S/C23H24O8/c1-5-6-13(2)29-23(28)19-10-8-17(31-15(4)25)12-21(19)20-11-16(30-14(3)24)7-9-18(20)22(26)27/h7-13H,5-6H2,1-4H3,(H,26,27). The van der Waals surface area contributed by atoms with Gasteiger partial charge in [-0.05, 0) is 49.7 Å². The molecule has 0 aromatic heterocycles. The largest absolute Gasteiger partial charge is 0.478 e. The van der Waals surface area contributed by atoms with Crippen LogP contribution in [-0.2, 0) is 14.3 Å². The quantitative estimate of drug-likeness (QED) is 0.490. The van der Waals surface area contributed by atoms with Crippen molar-refractivity contribution in [3.05, 3.63) is 47.5 Å². The van der Waals surface area contributed by atoms with Crippen LogP contribution in [0, 0.1) is 0 Å². The normalized spacial score (nSPS) is 11.4. The first kappa shape index (κ1) is 23.6. The molecule has 31 heavy (non-hydrogen) atoms. The van der Waals surface area contributed by atoms with Gasteiger partial charge in [-0.3, -0.25) is 9.59 Å². The molecule has 0 radical (unpaired) electrons. The van der Waals surface area contributed by atoms with Crippen molar-refractivity contribution in [2.45, 2.75) is 46.6 Å². The number of esters is 3. The summed E-state index contributed by atoms with van der Waals surface area (Å²) < 4.78 is 15.6. The number of carboxylic acid groups (broad SMARTS) is 1. The summed E-state index contributed by atoms with van der Waals surface area (Å²) in [6, 6.07) is 8.14. The summed E-state index contributed by atoms with van der Waals surface area (Å²) in [7, 11) is 0. The molecule has 8 heteroatoms. The zero-order chi connectivity index (χ0) is 23.1. The Morgan fingerprint density at radius 3 is 1.81 bits per heavy atom. The molecule has 1 N–H and O–H groups in total. The smallest absolute Gasteiger partial charge is 0.339 e. The maximum absolute atomic E-state index is 12.8. The summed E-state index contributed by atoms with van der Waals surface area (Å²) in [5, 5.41) is 9.65. The Balaban J connectivity index is 2.67. The molecular formula is C23H24O8. The Labute approximate surface area is 179 Å². The lowest BCUT2D eigenvalue weighted by molar-refractivity contribution is -0.132. The van der Waals surface area contributed by atoms with Gasteiger partial charge in [0.1, 0.15) is 11.5 Å². The minimum absolute atomic E-state index is 0.0846. The lowest BCUT2D eigenvalue weighted by Crippen LogP contribution is -2.16. The minimum Gasteiger partial charge on any atom is -0.478 e. The van der Waals surface area contributed by atoms with Crippen LogP contribution >= 0.6 is 0 Å². The van der Waals surface area contributed by atoms with Gasteiger partial charge < -0.3 is 19.3 Å². The number of carbonyl (C=O) groups excluding carboxylic acids is 3. The van der Waals surface area contributed by atoms with E-state index in [1.165, 1.54) is 50.2 Å². The first-order valence-electron chi connectivity index (χ1n) is 9.72. The van der Waals surface area contributed by atoms with Gasteiger partial charge in [0.2, 0.25) is 0 Å². The molecule has 0 spiro atoms. The summed E-state index contributed by atoms with van der Waals surface area (Å²) in [5.74, 6) is -2.85. The predicted octanol–water partition coefficient (Wildman–Crippen LogP) is 4.25. The van der Waals surface area contributed by atoms with Gasteiger partial charge in [-0.2, -0.15) is 0 Å². The Hall–Kier alpha value is -3.68. The third-order valence-electron chi connectivity index (χ3n) is 4.25. The molecule has 1 unspecified atom stereocenters. The van der Waals surface area contributed by atoms with Gasteiger partial charge in [0.05, 0.1) is 17.2 Å². The van der Waals surface area contributed by atoms with Crippen LogP contribution in [0.4, 0.5) is 0 Å². The number of carbonyl (C=O) groups is 4. The zero-order valence-corrected chi connectivity index (χ0v) is 17.8. The van der Waals surface area contributed by atoms with Gasteiger partial charge in [-0.1, -0.05) is 13.3 Å². The Morgan fingerprint density at radius 2 is 1.35 bits per heavy atom. The number of hydrogen-bond donors (Lipinski definition) is 1. The highest BCUT2D eigenvalue weighted by Gasteiger charge is 2.22. The number of rotatable bonds is 8. The molecule has 0 aliphatic carbocycles. The van der Waals surface area contributed by atoms with Crippen molar-refractivity contribution < 1.29 is 38.5 Å². The summed E-state index contributed by atoms with van der Waals surface area (Å²) in [6.45, 7) is 6.16. The second kappa shape index (κ2) is 10.4. The molecule has 2 rings (SSSR count). The maximum Gasteiger partial charge on any atom is 0.339 e. The van der Waals surface area contributed by atoms with Gasteiger partial charge in [0, 0.05) is 25.0 Å². The van der Waals surface area contributed by atoms with E-state index in [1.54, 1.807) is 6.92 Å². The Kier molecular flexibility index (Phi) is 7.90. The van der Waals surface area contributed by atoms with Crippen LogP contribution in [0.15, 0.2) is 36.4 Å². The van der Waals surface area contributed by atoms with Gasteiger partial charge in [-0.25, -0.2) is 9.59 Å². The van der Waals surface area contributed by atoms with E-state index >= 15 is 0 Å². The fourth-order valence-corrected chi connectivity index (χ4v) is 3.03.